The first-order chi connectivity index (χ1) is 28.6. The van der Waals surface area contributed by atoms with Crippen LogP contribution in [0.5, 0.6) is 0 Å². The molecule has 0 amide bonds. The van der Waals surface area contributed by atoms with E-state index >= 15 is 0 Å². The summed E-state index contributed by atoms with van der Waals surface area (Å²) < 4.78 is 41.1. The minimum absolute atomic E-state index is 0.0457. The van der Waals surface area contributed by atoms with Crippen LogP contribution in [0, 0.1) is 31.9 Å². The maximum absolute atomic E-state index is 14.2. The van der Waals surface area contributed by atoms with Gasteiger partial charge in [0.25, 0.3) is 0 Å². The topological polar surface area (TPSA) is 258 Å². The quantitative estimate of drug-likeness (QED) is 0.0741. The lowest BCUT2D eigenvalue weighted by atomic mass is 10.2. The van der Waals surface area contributed by atoms with Crippen LogP contribution in [0.3, 0.4) is 0 Å². The van der Waals surface area contributed by atoms with Gasteiger partial charge in [0.05, 0.1) is 40.9 Å². The molecule has 0 aliphatic carbocycles. The molecule has 0 saturated heterocycles. The summed E-state index contributed by atoms with van der Waals surface area (Å²) in [6.07, 6.45) is 4.87. The monoisotopic (exact) mass is 825 g/mol. The number of aromatic nitrogens is 10. The molecule has 0 bridgehead atoms. The number of aliphatic hydroxyl groups excluding tert-OH is 1. The Morgan fingerprint density at radius 2 is 1.20 bits per heavy atom. The van der Waals surface area contributed by atoms with Crippen LogP contribution < -0.4 is 5.32 Å². The molecule has 2 N–H and O–H groups in total. The summed E-state index contributed by atoms with van der Waals surface area (Å²) in [6.45, 7) is 0.0698. The molecular weight excluding hydrogens is 800 g/mol. The molecule has 0 unspecified atom stereocenters. The Morgan fingerprint density at radius 3 is 1.64 bits per heavy atom. The van der Waals surface area contributed by atoms with Crippen molar-refractivity contribution in [3.05, 3.63) is 146 Å². The second-order valence-electron chi connectivity index (χ2n) is 12.1. The van der Waals surface area contributed by atoms with E-state index in [1.165, 1.54) is 34.0 Å². The Morgan fingerprint density at radius 1 is 0.712 bits per heavy atom. The highest BCUT2D eigenvalue weighted by molar-refractivity contribution is 6.31. The first-order valence-corrected chi connectivity index (χ1v) is 17.4. The highest BCUT2D eigenvalue weighted by Crippen LogP contribution is 2.30. The second-order valence-corrected chi connectivity index (χ2v) is 12.4. The number of nitrogens with one attached hydrogen (secondary N) is 1. The van der Waals surface area contributed by atoms with Gasteiger partial charge in [0, 0.05) is 29.8 Å². The zero-order valence-corrected chi connectivity index (χ0v) is 30.7. The molecule has 6 heterocycles. The van der Waals surface area contributed by atoms with Gasteiger partial charge in [-0.2, -0.15) is 10.2 Å². The third kappa shape index (κ3) is 8.92. The fourth-order valence-electron chi connectivity index (χ4n) is 5.51. The van der Waals surface area contributed by atoms with Gasteiger partial charge in [-0.3, -0.25) is 29.6 Å². The van der Waals surface area contributed by atoms with E-state index in [0.717, 1.165) is 12.4 Å². The lowest BCUT2D eigenvalue weighted by Gasteiger charge is -2.07. The molecule has 8 aromatic rings. The Labute approximate surface area is 334 Å². The van der Waals surface area contributed by atoms with Crippen molar-refractivity contribution in [1.29, 1.82) is 0 Å². The average molecular weight is 826 g/mol. The van der Waals surface area contributed by atoms with Crippen molar-refractivity contribution in [2.24, 2.45) is 0 Å². The number of halogens is 3. The number of nitro groups is 2. The van der Waals surface area contributed by atoms with E-state index in [4.69, 9.17) is 25.8 Å². The van der Waals surface area contributed by atoms with Crippen LogP contribution >= 0.6 is 11.6 Å². The van der Waals surface area contributed by atoms with E-state index in [-0.39, 0.29) is 66.2 Å². The molecule has 0 saturated carbocycles. The smallest absolute Gasteiger partial charge is 0.329 e. The van der Waals surface area contributed by atoms with Gasteiger partial charge in [0.1, 0.15) is 59.3 Å². The van der Waals surface area contributed by atoms with Crippen LogP contribution in [0.25, 0.3) is 45.8 Å². The Bertz CT molecular complexity index is 2750. The van der Waals surface area contributed by atoms with Crippen LogP contribution in [0.2, 0.25) is 5.15 Å². The molecule has 8 rings (SSSR count). The molecule has 298 valence electrons. The molecule has 23 heteroatoms. The molecule has 59 heavy (non-hydrogen) atoms. The molecule has 0 aliphatic heterocycles. The fourth-order valence-corrected chi connectivity index (χ4v) is 5.71. The van der Waals surface area contributed by atoms with Gasteiger partial charge < -0.3 is 19.5 Å². The summed E-state index contributed by atoms with van der Waals surface area (Å²) in [5, 5.41) is 50.2. The summed E-state index contributed by atoms with van der Waals surface area (Å²) in [7, 11) is 0. The number of nitrogens with zero attached hydrogens (tertiary/aromatic N) is 12. The number of hydrogen-bond donors (Lipinski definition) is 2. The van der Waals surface area contributed by atoms with Crippen LogP contribution in [0.4, 0.5) is 26.0 Å². The van der Waals surface area contributed by atoms with E-state index in [1.54, 1.807) is 60.7 Å². The van der Waals surface area contributed by atoms with Crippen molar-refractivity contribution in [1.82, 2.24) is 49.8 Å². The van der Waals surface area contributed by atoms with Crippen molar-refractivity contribution in [2.75, 3.05) is 18.5 Å². The van der Waals surface area contributed by atoms with Crippen LogP contribution in [-0.2, 0) is 13.1 Å². The van der Waals surface area contributed by atoms with Gasteiger partial charge >= 0.3 is 11.4 Å². The van der Waals surface area contributed by atoms with Gasteiger partial charge in [0.15, 0.2) is 11.6 Å². The number of hydrogen-bond acceptors (Lipinski definition) is 16. The van der Waals surface area contributed by atoms with Crippen LogP contribution in [0.1, 0.15) is 11.1 Å². The minimum Gasteiger partial charge on any atom is -0.395 e. The Balaban J connectivity index is 0.000000180. The van der Waals surface area contributed by atoms with Gasteiger partial charge in [-0.25, -0.2) is 28.7 Å². The zero-order chi connectivity index (χ0) is 41.5. The molecule has 0 atom stereocenters. The maximum Gasteiger partial charge on any atom is 0.329 e. The third-order valence-corrected chi connectivity index (χ3v) is 8.54. The molecule has 6 aromatic heterocycles. The zero-order valence-electron chi connectivity index (χ0n) is 30.0. The number of aliphatic hydroxyl groups is 1. The van der Waals surface area contributed by atoms with Crippen LogP contribution in [-0.4, -0.2) is 77.9 Å². The first kappa shape index (κ1) is 39.4. The summed E-state index contributed by atoms with van der Waals surface area (Å²) >= 11 is 5.87. The summed E-state index contributed by atoms with van der Waals surface area (Å²) in [4.78, 5) is 37.0. The molecule has 0 aliphatic rings. The van der Waals surface area contributed by atoms with Gasteiger partial charge in [-0.1, -0.05) is 58.3 Å². The first-order valence-electron chi connectivity index (χ1n) is 17.1. The van der Waals surface area contributed by atoms with Gasteiger partial charge in [-0.15, -0.1) is 0 Å². The number of anilines is 1. The maximum atomic E-state index is 14.2. The summed E-state index contributed by atoms with van der Waals surface area (Å²) in [6, 6.07) is 19.1. The SMILES string of the molecule is O=[N+]([O-])c1cnc(-c2cc(-c3ccon3)n(Cc3ccccc3F)n2)nc1Cl.O=[N+]([O-])c1cnc(-c2cc(-c3ccon3)n(Cc3ccccc3F)n2)nc1NCCO. The van der Waals surface area contributed by atoms with E-state index in [2.05, 4.69) is 45.8 Å². The van der Waals surface area contributed by atoms with E-state index < -0.39 is 15.5 Å². The molecule has 2 aromatic carbocycles. The highest BCUT2D eigenvalue weighted by Gasteiger charge is 2.23. The third-order valence-electron chi connectivity index (χ3n) is 8.27. The number of benzene rings is 2. The number of rotatable bonds is 13. The molecular formula is C36H26ClF2N13O7. The Kier molecular flexibility index (Phi) is 11.7. The van der Waals surface area contributed by atoms with Crippen molar-refractivity contribution in [2.45, 2.75) is 13.1 Å². The minimum atomic E-state index is -0.677. The van der Waals surface area contributed by atoms with E-state index in [9.17, 15) is 29.0 Å². The summed E-state index contributed by atoms with van der Waals surface area (Å²) in [5.41, 5.74) is 2.69. The molecule has 0 radical (unpaired) electrons. The second kappa shape index (κ2) is 17.5. The lowest BCUT2D eigenvalue weighted by Crippen LogP contribution is -2.10. The molecule has 0 spiro atoms. The normalized spacial score (nSPS) is 10.9. The van der Waals surface area contributed by atoms with E-state index in [0.29, 0.717) is 45.3 Å². The van der Waals surface area contributed by atoms with E-state index in [1.807, 2.05) is 0 Å². The van der Waals surface area contributed by atoms with Crippen LogP contribution in [0.15, 0.2) is 107 Å². The predicted molar refractivity (Wildman–Crippen MR) is 202 cm³/mol. The average Bonchev–Trinajstić information content (AvgIpc) is 4.07. The van der Waals surface area contributed by atoms with Gasteiger partial charge in [0.2, 0.25) is 11.0 Å². The largest absolute Gasteiger partial charge is 0.395 e. The molecule has 20 nitrogen and oxygen atoms in total. The predicted octanol–water partition coefficient (Wildman–Crippen LogP) is 6.24. The van der Waals surface area contributed by atoms with Crippen molar-refractivity contribution < 1.29 is 32.8 Å². The molecule has 0 fully saturated rings. The lowest BCUT2D eigenvalue weighted by molar-refractivity contribution is -0.385. The fraction of sp³-hybridized carbons (Fsp3) is 0.111. The van der Waals surface area contributed by atoms with Crippen molar-refractivity contribution in [3.63, 3.8) is 0 Å². The highest BCUT2D eigenvalue weighted by atomic mass is 35.5. The van der Waals surface area contributed by atoms with Crippen molar-refractivity contribution in [3.8, 4) is 45.8 Å². The van der Waals surface area contributed by atoms with Gasteiger partial charge in [-0.05, 0) is 24.3 Å². The Hall–Kier alpha value is -7.85. The summed E-state index contributed by atoms with van der Waals surface area (Å²) in [5.74, 6) is -0.598. The standard InChI is InChI=1S/C19H16FN7O4.C17H10ClFN6O3/c20-13-4-2-1-3-12(13)11-26-16(14-5-8-31-25-14)9-15(24-26)18-22-10-17(27(29)30)19(23-18)21-6-7-28;18-16-15(25(26)27)8-20-17(21-16)13-7-14(12-5-6-28-23-12)24(22-13)9-10-3-1-2-4-11(10)19/h1-5,8-10,28H,6-7,11H2,(H,21,22,23);1-8H,9H2. The van der Waals surface area contributed by atoms with Crippen molar-refractivity contribution >= 4 is 28.8 Å².